The maximum atomic E-state index is 12.0. The molecule has 1 amide bonds. The SMILES string of the molecule is CSc1nc(NC2CCC(C3CCCC3)C(C(N)=O)C2)ncc1Cl. The van der Waals surface area contributed by atoms with Crippen LogP contribution in [0.2, 0.25) is 5.02 Å². The number of nitrogens with one attached hydrogen (secondary N) is 1. The summed E-state index contributed by atoms with van der Waals surface area (Å²) in [4.78, 5) is 20.7. The van der Waals surface area contributed by atoms with E-state index < -0.39 is 0 Å². The van der Waals surface area contributed by atoms with Crippen LogP contribution in [-0.4, -0.2) is 28.2 Å². The number of carbonyl (C=O) groups excluding carboxylic acids is 1. The molecule has 0 saturated heterocycles. The third-order valence-corrected chi connectivity index (χ3v) is 6.60. The standard InChI is InChI=1S/C17H25ClN4OS/c1-24-16-14(18)9-20-17(22-16)21-11-6-7-12(10-4-2-3-5-10)13(8-11)15(19)23/h9-13H,2-8H2,1H3,(H2,19,23)(H,20,21,22). The smallest absolute Gasteiger partial charge is 0.224 e. The van der Waals surface area contributed by atoms with Gasteiger partial charge in [0.2, 0.25) is 11.9 Å². The van der Waals surface area contributed by atoms with Crippen LogP contribution < -0.4 is 11.1 Å². The van der Waals surface area contributed by atoms with Crippen LogP contribution in [0.3, 0.4) is 0 Å². The van der Waals surface area contributed by atoms with Crippen molar-refractivity contribution in [3.8, 4) is 0 Å². The molecular weight excluding hydrogens is 344 g/mol. The van der Waals surface area contributed by atoms with Crippen molar-refractivity contribution in [3.63, 3.8) is 0 Å². The van der Waals surface area contributed by atoms with Crippen LogP contribution >= 0.6 is 23.4 Å². The number of carbonyl (C=O) groups is 1. The lowest BCUT2D eigenvalue weighted by molar-refractivity contribution is -0.125. The van der Waals surface area contributed by atoms with E-state index in [9.17, 15) is 4.79 Å². The molecule has 2 saturated carbocycles. The van der Waals surface area contributed by atoms with Gasteiger partial charge >= 0.3 is 0 Å². The molecule has 0 aromatic carbocycles. The number of rotatable bonds is 5. The van der Waals surface area contributed by atoms with Crippen LogP contribution in [0.1, 0.15) is 44.9 Å². The van der Waals surface area contributed by atoms with Crippen molar-refractivity contribution in [2.24, 2.45) is 23.5 Å². The van der Waals surface area contributed by atoms with Crippen molar-refractivity contribution < 1.29 is 4.79 Å². The quantitative estimate of drug-likeness (QED) is 0.611. The van der Waals surface area contributed by atoms with Gasteiger partial charge in [-0.15, -0.1) is 11.8 Å². The van der Waals surface area contributed by atoms with Gasteiger partial charge in [0, 0.05) is 12.0 Å². The number of nitrogens with two attached hydrogens (primary N) is 1. The van der Waals surface area contributed by atoms with E-state index in [2.05, 4.69) is 15.3 Å². The van der Waals surface area contributed by atoms with Crippen molar-refractivity contribution >= 4 is 35.2 Å². The number of hydrogen-bond donors (Lipinski definition) is 2. The molecule has 1 aromatic heterocycles. The van der Waals surface area contributed by atoms with E-state index in [4.69, 9.17) is 17.3 Å². The molecule has 3 unspecified atom stereocenters. The van der Waals surface area contributed by atoms with Crippen molar-refractivity contribution in [2.45, 2.75) is 56.0 Å². The molecule has 0 bridgehead atoms. The Hall–Kier alpha value is -1.01. The van der Waals surface area contributed by atoms with E-state index in [-0.39, 0.29) is 17.9 Å². The van der Waals surface area contributed by atoms with E-state index in [1.165, 1.54) is 37.4 Å². The molecule has 3 N–H and O–H groups in total. The Morgan fingerprint density at radius 2 is 2.08 bits per heavy atom. The summed E-state index contributed by atoms with van der Waals surface area (Å²) >= 11 is 7.56. The summed E-state index contributed by atoms with van der Waals surface area (Å²) in [5, 5.41) is 4.70. The topological polar surface area (TPSA) is 80.9 Å². The molecular formula is C17H25ClN4OS. The maximum absolute atomic E-state index is 12.0. The van der Waals surface area contributed by atoms with Crippen LogP contribution in [-0.2, 0) is 4.79 Å². The monoisotopic (exact) mass is 368 g/mol. The molecule has 3 atom stereocenters. The number of nitrogens with zero attached hydrogens (tertiary/aromatic N) is 2. The zero-order chi connectivity index (χ0) is 17.1. The molecule has 0 radical (unpaired) electrons. The Morgan fingerprint density at radius 1 is 1.33 bits per heavy atom. The normalized spacial score (nSPS) is 28.0. The molecule has 2 aliphatic rings. The lowest BCUT2D eigenvalue weighted by atomic mass is 9.70. The summed E-state index contributed by atoms with van der Waals surface area (Å²) in [5.41, 5.74) is 5.73. The predicted molar refractivity (Wildman–Crippen MR) is 98.2 cm³/mol. The van der Waals surface area contributed by atoms with Gasteiger partial charge in [0.15, 0.2) is 0 Å². The highest BCUT2D eigenvalue weighted by molar-refractivity contribution is 7.98. The molecule has 5 nitrogen and oxygen atoms in total. The highest BCUT2D eigenvalue weighted by Crippen LogP contribution is 2.43. The van der Waals surface area contributed by atoms with Gasteiger partial charge in [-0.2, -0.15) is 0 Å². The summed E-state index contributed by atoms with van der Waals surface area (Å²) in [6, 6.07) is 0.191. The van der Waals surface area contributed by atoms with Crippen LogP contribution in [0.4, 0.5) is 5.95 Å². The van der Waals surface area contributed by atoms with Gasteiger partial charge in [-0.1, -0.05) is 37.3 Å². The van der Waals surface area contributed by atoms with E-state index in [1.807, 2.05) is 6.26 Å². The maximum Gasteiger partial charge on any atom is 0.224 e. The third kappa shape index (κ3) is 3.97. The average Bonchev–Trinajstić information content (AvgIpc) is 3.11. The molecule has 2 fully saturated rings. The van der Waals surface area contributed by atoms with E-state index >= 15 is 0 Å². The fourth-order valence-electron chi connectivity index (χ4n) is 4.35. The summed E-state index contributed by atoms with van der Waals surface area (Å²) < 4.78 is 0. The first kappa shape index (κ1) is 17.8. The minimum Gasteiger partial charge on any atom is -0.369 e. The second-order valence-electron chi connectivity index (χ2n) is 6.92. The number of hydrogen-bond acceptors (Lipinski definition) is 5. The van der Waals surface area contributed by atoms with E-state index in [0.717, 1.165) is 24.3 Å². The lowest BCUT2D eigenvalue weighted by Crippen LogP contribution is -2.42. The number of thioether (sulfide) groups is 1. The second-order valence-corrected chi connectivity index (χ2v) is 8.12. The van der Waals surface area contributed by atoms with Gasteiger partial charge in [0.05, 0.1) is 11.2 Å². The van der Waals surface area contributed by atoms with Gasteiger partial charge in [-0.3, -0.25) is 4.79 Å². The van der Waals surface area contributed by atoms with Gasteiger partial charge in [0.1, 0.15) is 5.03 Å². The Kier molecular flexibility index (Phi) is 5.87. The Balaban J connectivity index is 1.67. The zero-order valence-electron chi connectivity index (χ0n) is 14.0. The molecule has 3 rings (SSSR count). The third-order valence-electron chi connectivity index (χ3n) is 5.51. The predicted octanol–water partition coefficient (Wildman–Crippen LogP) is 3.72. The van der Waals surface area contributed by atoms with E-state index in [1.54, 1.807) is 6.20 Å². The molecule has 132 valence electrons. The first-order valence-electron chi connectivity index (χ1n) is 8.71. The highest BCUT2D eigenvalue weighted by Gasteiger charge is 2.39. The summed E-state index contributed by atoms with van der Waals surface area (Å²) in [6.45, 7) is 0. The highest BCUT2D eigenvalue weighted by atomic mass is 35.5. The molecule has 1 heterocycles. The van der Waals surface area contributed by atoms with Crippen molar-refractivity contribution in [3.05, 3.63) is 11.2 Å². The van der Waals surface area contributed by atoms with Crippen LogP contribution in [0, 0.1) is 17.8 Å². The summed E-state index contributed by atoms with van der Waals surface area (Å²) in [7, 11) is 0. The fraction of sp³-hybridized carbons (Fsp3) is 0.706. The molecule has 2 aliphatic carbocycles. The molecule has 24 heavy (non-hydrogen) atoms. The van der Waals surface area contributed by atoms with Crippen molar-refractivity contribution in [1.82, 2.24) is 9.97 Å². The molecule has 1 aromatic rings. The van der Waals surface area contributed by atoms with Crippen molar-refractivity contribution in [2.75, 3.05) is 11.6 Å². The largest absolute Gasteiger partial charge is 0.369 e. The first-order valence-corrected chi connectivity index (χ1v) is 10.3. The molecule has 0 spiro atoms. The minimum absolute atomic E-state index is 0.0355. The van der Waals surface area contributed by atoms with Gasteiger partial charge in [0.25, 0.3) is 0 Å². The number of primary amides is 1. The average molecular weight is 369 g/mol. The number of amides is 1. The summed E-state index contributed by atoms with van der Waals surface area (Å²) in [5.74, 6) is 1.53. The fourth-order valence-corrected chi connectivity index (χ4v) is 5.10. The second kappa shape index (κ2) is 7.91. The lowest BCUT2D eigenvalue weighted by Gasteiger charge is -2.38. The van der Waals surface area contributed by atoms with Gasteiger partial charge in [-0.25, -0.2) is 9.97 Å². The van der Waals surface area contributed by atoms with Gasteiger partial charge in [-0.05, 0) is 37.4 Å². The van der Waals surface area contributed by atoms with Crippen LogP contribution in [0.15, 0.2) is 11.2 Å². The Morgan fingerprint density at radius 3 is 2.75 bits per heavy atom. The Bertz CT molecular complexity index is 594. The first-order chi connectivity index (χ1) is 11.6. The van der Waals surface area contributed by atoms with Crippen LogP contribution in [0.5, 0.6) is 0 Å². The van der Waals surface area contributed by atoms with Crippen LogP contribution in [0.25, 0.3) is 0 Å². The van der Waals surface area contributed by atoms with Crippen molar-refractivity contribution in [1.29, 1.82) is 0 Å². The van der Waals surface area contributed by atoms with E-state index in [0.29, 0.717) is 22.8 Å². The zero-order valence-corrected chi connectivity index (χ0v) is 15.6. The number of aromatic nitrogens is 2. The summed E-state index contributed by atoms with van der Waals surface area (Å²) in [6.07, 6.45) is 11.5. The number of halogens is 1. The Labute approximate surface area is 152 Å². The molecule has 0 aliphatic heterocycles. The minimum atomic E-state index is -0.153. The van der Waals surface area contributed by atoms with Gasteiger partial charge < -0.3 is 11.1 Å². The number of anilines is 1. The molecule has 7 heteroatoms.